The molecule has 0 atom stereocenters. The Labute approximate surface area is 155 Å². The highest BCUT2D eigenvalue weighted by molar-refractivity contribution is 8.00. The first kappa shape index (κ1) is 19.9. The van der Waals surface area contributed by atoms with Gasteiger partial charge >= 0.3 is 0 Å². The molecule has 140 valence electrons. The minimum atomic E-state index is -3.17. The smallest absolute Gasteiger partial charge is 0.193 e. The van der Waals surface area contributed by atoms with Crippen LogP contribution in [-0.2, 0) is 9.84 Å². The van der Waals surface area contributed by atoms with Crippen LogP contribution in [0.3, 0.4) is 0 Å². The number of ether oxygens (including phenoxy) is 1. The minimum absolute atomic E-state index is 0.230. The van der Waals surface area contributed by atoms with Crippen molar-refractivity contribution in [1.82, 2.24) is 10.2 Å². The van der Waals surface area contributed by atoms with Crippen LogP contribution in [0.5, 0.6) is 5.75 Å². The van der Waals surface area contributed by atoms with Crippen LogP contribution in [0.2, 0.25) is 0 Å². The maximum atomic E-state index is 11.4. The molecular formula is C17H27N3O3S2. The van der Waals surface area contributed by atoms with Crippen molar-refractivity contribution >= 4 is 27.6 Å². The number of aliphatic imine (C=N–C) groups is 1. The Bertz CT molecular complexity index is 700. The second-order valence-electron chi connectivity index (χ2n) is 6.60. The molecule has 0 unspecified atom stereocenters. The van der Waals surface area contributed by atoms with Crippen molar-refractivity contribution in [2.75, 3.05) is 45.3 Å². The van der Waals surface area contributed by atoms with E-state index in [1.165, 1.54) is 6.26 Å². The van der Waals surface area contributed by atoms with Gasteiger partial charge in [0.25, 0.3) is 0 Å². The molecule has 1 heterocycles. The van der Waals surface area contributed by atoms with Gasteiger partial charge in [0.1, 0.15) is 12.4 Å². The number of hydrogen-bond acceptors (Lipinski definition) is 5. The summed E-state index contributed by atoms with van der Waals surface area (Å²) in [5.41, 5.74) is 0. The lowest BCUT2D eigenvalue weighted by Gasteiger charge is -2.39. The van der Waals surface area contributed by atoms with Gasteiger partial charge in [0, 0.05) is 36.9 Å². The fourth-order valence-corrected chi connectivity index (χ4v) is 4.39. The average Bonchev–Trinajstić information content (AvgIpc) is 2.53. The van der Waals surface area contributed by atoms with E-state index >= 15 is 0 Å². The van der Waals surface area contributed by atoms with Crippen LogP contribution in [0.25, 0.3) is 0 Å². The summed E-state index contributed by atoms with van der Waals surface area (Å²) in [7, 11) is -1.38. The quantitative estimate of drug-likeness (QED) is 0.474. The van der Waals surface area contributed by atoms with Crippen LogP contribution in [0.15, 0.2) is 34.2 Å². The molecule has 0 saturated carbocycles. The Balaban J connectivity index is 1.80. The lowest BCUT2D eigenvalue weighted by Crippen LogP contribution is -2.51. The lowest BCUT2D eigenvalue weighted by molar-refractivity contribution is 0.315. The van der Waals surface area contributed by atoms with E-state index in [-0.39, 0.29) is 4.75 Å². The number of sulfone groups is 1. The number of thioether (sulfide) groups is 1. The number of benzene rings is 1. The molecule has 1 aromatic rings. The van der Waals surface area contributed by atoms with Gasteiger partial charge in [-0.25, -0.2) is 8.42 Å². The molecule has 0 aliphatic carbocycles. The van der Waals surface area contributed by atoms with Crippen molar-refractivity contribution in [3.63, 3.8) is 0 Å². The fourth-order valence-electron chi connectivity index (χ4n) is 2.64. The number of hydrogen-bond donors (Lipinski definition) is 1. The van der Waals surface area contributed by atoms with Crippen molar-refractivity contribution in [2.45, 2.75) is 23.5 Å². The summed E-state index contributed by atoms with van der Waals surface area (Å²) in [4.78, 5) is 6.93. The van der Waals surface area contributed by atoms with Gasteiger partial charge in [0.05, 0.1) is 11.4 Å². The molecule has 6 nitrogen and oxygen atoms in total. The number of nitrogens with one attached hydrogen (secondary N) is 1. The zero-order valence-electron chi connectivity index (χ0n) is 15.3. The maximum Gasteiger partial charge on any atom is 0.193 e. The van der Waals surface area contributed by atoms with E-state index in [1.807, 2.05) is 11.8 Å². The molecule has 0 bridgehead atoms. The number of guanidine groups is 1. The summed E-state index contributed by atoms with van der Waals surface area (Å²) in [5.74, 6) is 2.64. The lowest BCUT2D eigenvalue weighted by atomic mass is 10.2. The van der Waals surface area contributed by atoms with Gasteiger partial charge in [-0.1, -0.05) is 0 Å². The number of nitrogens with zero attached hydrogens (tertiary/aromatic N) is 2. The molecule has 1 aliphatic rings. The summed E-state index contributed by atoms with van der Waals surface area (Å²) < 4.78 is 28.8. The summed E-state index contributed by atoms with van der Waals surface area (Å²) >= 11 is 1.99. The van der Waals surface area contributed by atoms with E-state index in [0.717, 1.165) is 24.8 Å². The molecule has 8 heteroatoms. The van der Waals surface area contributed by atoms with Crippen LogP contribution in [-0.4, -0.2) is 69.3 Å². The van der Waals surface area contributed by atoms with Crippen molar-refractivity contribution in [1.29, 1.82) is 0 Å². The molecule has 1 aromatic carbocycles. The maximum absolute atomic E-state index is 11.4. The Morgan fingerprint density at radius 1 is 1.36 bits per heavy atom. The normalized spacial score (nSPS) is 18.1. The molecule has 0 radical (unpaired) electrons. The SMILES string of the molecule is CN=C(NCCOc1ccc(S(C)(=O)=O)cc1)N1CCSC(C)(C)C1. The van der Waals surface area contributed by atoms with Crippen LogP contribution < -0.4 is 10.1 Å². The van der Waals surface area contributed by atoms with Crippen LogP contribution in [0.1, 0.15) is 13.8 Å². The van der Waals surface area contributed by atoms with Crippen LogP contribution in [0, 0.1) is 0 Å². The Kier molecular flexibility index (Phi) is 6.62. The molecule has 1 fully saturated rings. The Morgan fingerprint density at radius 2 is 2.04 bits per heavy atom. The molecule has 1 saturated heterocycles. The summed E-state index contributed by atoms with van der Waals surface area (Å²) in [6.45, 7) is 7.56. The van der Waals surface area contributed by atoms with E-state index in [4.69, 9.17) is 4.74 Å². The first-order chi connectivity index (χ1) is 11.7. The highest BCUT2D eigenvalue weighted by atomic mass is 32.2. The summed E-state index contributed by atoms with van der Waals surface area (Å²) in [6, 6.07) is 6.47. The van der Waals surface area contributed by atoms with Crippen molar-refractivity contribution in [3.05, 3.63) is 24.3 Å². The Morgan fingerprint density at radius 3 is 2.60 bits per heavy atom. The molecule has 1 N–H and O–H groups in total. The molecule has 1 aliphatic heterocycles. The predicted molar refractivity (Wildman–Crippen MR) is 105 cm³/mol. The Hall–Kier alpha value is -1.41. The second kappa shape index (κ2) is 8.31. The van der Waals surface area contributed by atoms with E-state index in [9.17, 15) is 8.42 Å². The summed E-state index contributed by atoms with van der Waals surface area (Å²) in [5, 5.41) is 3.33. The minimum Gasteiger partial charge on any atom is -0.492 e. The molecule has 0 spiro atoms. The first-order valence-electron chi connectivity index (χ1n) is 8.24. The predicted octanol–water partition coefficient (Wildman–Crippen LogP) is 1.87. The van der Waals surface area contributed by atoms with Crippen LogP contribution in [0.4, 0.5) is 0 Å². The fraction of sp³-hybridized carbons (Fsp3) is 0.588. The third-order valence-corrected chi connectivity index (χ3v) is 6.27. The third-order valence-electron chi connectivity index (χ3n) is 3.84. The van der Waals surface area contributed by atoms with Crippen LogP contribution >= 0.6 is 11.8 Å². The average molecular weight is 386 g/mol. The van der Waals surface area contributed by atoms with Crippen molar-refractivity contribution < 1.29 is 13.2 Å². The van der Waals surface area contributed by atoms with Gasteiger partial charge in [-0.15, -0.1) is 0 Å². The van der Waals surface area contributed by atoms with E-state index in [2.05, 4.69) is 29.1 Å². The van der Waals surface area contributed by atoms with E-state index < -0.39 is 9.84 Å². The van der Waals surface area contributed by atoms with Crippen molar-refractivity contribution in [3.8, 4) is 5.75 Å². The molecule has 0 amide bonds. The number of rotatable bonds is 5. The van der Waals surface area contributed by atoms with Gasteiger partial charge in [0.2, 0.25) is 0 Å². The van der Waals surface area contributed by atoms with Gasteiger partial charge in [-0.2, -0.15) is 11.8 Å². The molecule has 2 rings (SSSR count). The standard InChI is InChI=1S/C17H27N3O3S2/c1-17(2)13-20(10-12-24-17)16(18-3)19-9-11-23-14-5-7-15(8-6-14)25(4,21)22/h5-8H,9-13H2,1-4H3,(H,18,19). The highest BCUT2D eigenvalue weighted by Gasteiger charge is 2.28. The molecular weight excluding hydrogens is 358 g/mol. The zero-order valence-corrected chi connectivity index (χ0v) is 16.9. The molecule has 25 heavy (non-hydrogen) atoms. The zero-order chi connectivity index (χ0) is 18.5. The van der Waals surface area contributed by atoms with Gasteiger partial charge < -0.3 is 15.0 Å². The first-order valence-corrected chi connectivity index (χ1v) is 11.1. The second-order valence-corrected chi connectivity index (χ2v) is 10.4. The van der Waals surface area contributed by atoms with E-state index in [1.54, 1.807) is 31.3 Å². The van der Waals surface area contributed by atoms with E-state index in [0.29, 0.717) is 23.8 Å². The van der Waals surface area contributed by atoms with Gasteiger partial charge in [-0.3, -0.25) is 4.99 Å². The van der Waals surface area contributed by atoms with Gasteiger partial charge in [-0.05, 0) is 38.1 Å². The third kappa shape index (κ3) is 6.11. The highest BCUT2D eigenvalue weighted by Crippen LogP contribution is 2.29. The van der Waals surface area contributed by atoms with Crippen molar-refractivity contribution in [2.24, 2.45) is 4.99 Å². The molecule has 0 aromatic heterocycles. The summed E-state index contributed by atoms with van der Waals surface area (Å²) in [6.07, 6.45) is 1.19. The largest absolute Gasteiger partial charge is 0.492 e. The van der Waals surface area contributed by atoms with Gasteiger partial charge in [0.15, 0.2) is 15.8 Å². The monoisotopic (exact) mass is 385 g/mol. The topological polar surface area (TPSA) is 71.0 Å².